The predicted molar refractivity (Wildman–Crippen MR) is 63.1 cm³/mol. The highest BCUT2D eigenvalue weighted by Crippen LogP contribution is 2.23. The van der Waals surface area contributed by atoms with Gasteiger partial charge in [-0.15, -0.1) is 0 Å². The van der Waals surface area contributed by atoms with Gasteiger partial charge in [-0.2, -0.15) is 0 Å². The molecule has 0 saturated carbocycles. The molecule has 0 bridgehead atoms. The van der Waals surface area contributed by atoms with Crippen LogP contribution in [0.4, 0.5) is 5.69 Å². The van der Waals surface area contributed by atoms with E-state index in [0.29, 0.717) is 5.69 Å². The van der Waals surface area contributed by atoms with Gasteiger partial charge in [-0.1, -0.05) is 34.1 Å². The van der Waals surface area contributed by atoms with E-state index in [9.17, 15) is 4.79 Å². The standard InChI is InChI=1S/C11H21N3O/c1-5-6-7-14-10(15)8(12)9(13-14)11(2,3)4/h13H,5-7,12H2,1-4H3. The topological polar surface area (TPSA) is 63.8 Å². The highest BCUT2D eigenvalue weighted by molar-refractivity contribution is 5.44. The van der Waals surface area contributed by atoms with Gasteiger partial charge in [0.15, 0.2) is 0 Å². The summed E-state index contributed by atoms with van der Waals surface area (Å²) in [6, 6.07) is 0. The van der Waals surface area contributed by atoms with E-state index in [0.717, 1.165) is 25.1 Å². The van der Waals surface area contributed by atoms with Gasteiger partial charge in [0.2, 0.25) is 0 Å². The number of unbranched alkanes of at least 4 members (excludes halogenated alkanes) is 1. The fraction of sp³-hybridized carbons (Fsp3) is 0.727. The second-order valence-electron chi connectivity index (χ2n) is 4.96. The maximum Gasteiger partial charge on any atom is 0.289 e. The van der Waals surface area contributed by atoms with Crippen molar-refractivity contribution in [3.05, 3.63) is 16.0 Å². The number of rotatable bonds is 3. The van der Waals surface area contributed by atoms with Gasteiger partial charge in [-0.3, -0.25) is 14.6 Å². The molecule has 4 heteroatoms. The fourth-order valence-corrected chi connectivity index (χ4v) is 1.54. The molecule has 15 heavy (non-hydrogen) atoms. The van der Waals surface area contributed by atoms with Crippen LogP contribution in [0.1, 0.15) is 46.2 Å². The van der Waals surface area contributed by atoms with Crippen LogP contribution in [0.3, 0.4) is 0 Å². The van der Waals surface area contributed by atoms with Crippen LogP contribution in [-0.2, 0) is 12.0 Å². The minimum absolute atomic E-state index is 0.0895. The summed E-state index contributed by atoms with van der Waals surface area (Å²) in [7, 11) is 0. The molecule has 0 amide bonds. The zero-order valence-electron chi connectivity index (χ0n) is 10.1. The molecule has 0 spiro atoms. The molecule has 0 unspecified atom stereocenters. The van der Waals surface area contributed by atoms with Gasteiger partial charge in [0, 0.05) is 12.0 Å². The summed E-state index contributed by atoms with van der Waals surface area (Å²) >= 11 is 0. The first-order valence-electron chi connectivity index (χ1n) is 5.46. The Bertz CT molecular complexity index is 382. The van der Waals surface area contributed by atoms with Crippen LogP contribution in [0.15, 0.2) is 4.79 Å². The van der Waals surface area contributed by atoms with Gasteiger partial charge >= 0.3 is 0 Å². The summed E-state index contributed by atoms with van der Waals surface area (Å²) in [5.41, 5.74) is 6.79. The van der Waals surface area contributed by atoms with Crippen LogP contribution < -0.4 is 11.3 Å². The first-order valence-corrected chi connectivity index (χ1v) is 5.46. The zero-order chi connectivity index (χ0) is 11.6. The number of anilines is 1. The Kier molecular flexibility index (Phi) is 3.27. The first kappa shape index (κ1) is 11.9. The number of aromatic nitrogens is 2. The number of nitrogens with one attached hydrogen (secondary N) is 1. The summed E-state index contributed by atoms with van der Waals surface area (Å²) in [6.45, 7) is 8.94. The molecule has 0 saturated heterocycles. The van der Waals surface area contributed by atoms with E-state index in [1.165, 1.54) is 0 Å². The summed E-state index contributed by atoms with van der Waals surface area (Å²) in [5, 5.41) is 3.10. The normalized spacial score (nSPS) is 12.0. The Labute approximate surface area is 90.5 Å². The first-order chi connectivity index (χ1) is 6.88. The average Bonchev–Trinajstić information content (AvgIpc) is 2.41. The van der Waals surface area contributed by atoms with Crippen LogP contribution in [-0.4, -0.2) is 9.78 Å². The molecule has 0 aliphatic heterocycles. The van der Waals surface area contributed by atoms with Crippen molar-refractivity contribution < 1.29 is 0 Å². The smallest absolute Gasteiger partial charge is 0.289 e. The molecule has 1 aromatic heterocycles. The highest BCUT2D eigenvalue weighted by Gasteiger charge is 2.22. The average molecular weight is 211 g/mol. The van der Waals surface area contributed by atoms with Crippen LogP contribution in [0.5, 0.6) is 0 Å². The van der Waals surface area contributed by atoms with Crippen LogP contribution in [0, 0.1) is 0 Å². The summed E-state index contributed by atoms with van der Waals surface area (Å²) < 4.78 is 1.61. The predicted octanol–water partition coefficient (Wildman–Crippen LogP) is 1.86. The molecule has 0 aromatic carbocycles. The lowest BCUT2D eigenvalue weighted by Gasteiger charge is -2.16. The van der Waals surface area contributed by atoms with Crippen molar-refractivity contribution in [2.24, 2.45) is 0 Å². The molecule has 1 aromatic rings. The molecule has 0 aliphatic carbocycles. The van der Waals surface area contributed by atoms with Gasteiger partial charge < -0.3 is 5.73 Å². The molecular weight excluding hydrogens is 190 g/mol. The third-order valence-corrected chi connectivity index (χ3v) is 2.48. The number of nitrogen functional groups attached to an aromatic ring is 1. The number of hydrogen-bond acceptors (Lipinski definition) is 2. The number of H-pyrrole nitrogens is 1. The van der Waals surface area contributed by atoms with Crippen LogP contribution in [0.25, 0.3) is 0 Å². The number of aromatic amines is 1. The molecule has 0 atom stereocenters. The Morgan fingerprint density at radius 3 is 2.40 bits per heavy atom. The minimum Gasteiger partial charge on any atom is -0.393 e. The van der Waals surface area contributed by atoms with Gasteiger partial charge in [-0.05, 0) is 6.42 Å². The van der Waals surface area contributed by atoms with Crippen molar-refractivity contribution in [1.29, 1.82) is 0 Å². The molecule has 0 aliphatic rings. The third kappa shape index (κ3) is 2.43. The summed E-state index contributed by atoms with van der Waals surface area (Å²) in [4.78, 5) is 11.7. The second kappa shape index (κ2) is 4.13. The Morgan fingerprint density at radius 2 is 2.00 bits per heavy atom. The Morgan fingerprint density at radius 1 is 1.40 bits per heavy atom. The maximum atomic E-state index is 11.7. The summed E-state index contributed by atoms with van der Waals surface area (Å²) in [6.07, 6.45) is 2.06. The van der Waals surface area contributed by atoms with E-state index in [1.54, 1.807) is 4.68 Å². The number of aryl methyl sites for hydroxylation is 1. The Hall–Kier alpha value is -1.19. The van der Waals surface area contributed by atoms with Crippen molar-refractivity contribution in [2.45, 2.75) is 52.5 Å². The zero-order valence-corrected chi connectivity index (χ0v) is 10.1. The molecule has 0 radical (unpaired) electrons. The second-order valence-corrected chi connectivity index (χ2v) is 4.96. The van der Waals surface area contributed by atoms with Crippen molar-refractivity contribution in [1.82, 2.24) is 9.78 Å². The van der Waals surface area contributed by atoms with E-state index in [1.807, 2.05) is 20.8 Å². The number of hydrogen-bond donors (Lipinski definition) is 2. The van der Waals surface area contributed by atoms with E-state index in [2.05, 4.69) is 12.0 Å². The van der Waals surface area contributed by atoms with Crippen LogP contribution in [0.2, 0.25) is 0 Å². The van der Waals surface area contributed by atoms with E-state index >= 15 is 0 Å². The van der Waals surface area contributed by atoms with Crippen LogP contribution >= 0.6 is 0 Å². The van der Waals surface area contributed by atoms with Gasteiger partial charge in [-0.25, -0.2) is 0 Å². The van der Waals surface area contributed by atoms with E-state index in [-0.39, 0.29) is 11.0 Å². The number of nitrogens with two attached hydrogens (primary N) is 1. The molecule has 4 nitrogen and oxygen atoms in total. The molecular formula is C11H21N3O. The lowest BCUT2D eigenvalue weighted by Crippen LogP contribution is -2.18. The monoisotopic (exact) mass is 211 g/mol. The van der Waals surface area contributed by atoms with Crippen molar-refractivity contribution in [2.75, 3.05) is 5.73 Å². The molecule has 0 fully saturated rings. The highest BCUT2D eigenvalue weighted by atomic mass is 16.1. The van der Waals surface area contributed by atoms with Crippen molar-refractivity contribution >= 4 is 5.69 Å². The van der Waals surface area contributed by atoms with Crippen molar-refractivity contribution in [3.8, 4) is 0 Å². The van der Waals surface area contributed by atoms with E-state index < -0.39 is 0 Å². The maximum absolute atomic E-state index is 11.7. The van der Waals surface area contributed by atoms with Gasteiger partial charge in [0.25, 0.3) is 5.56 Å². The van der Waals surface area contributed by atoms with Gasteiger partial charge in [0.1, 0.15) is 5.69 Å². The molecule has 1 heterocycles. The lowest BCUT2D eigenvalue weighted by atomic mass is 9.91. The SMILES string of the molecule is CCCCn1[nH]c(C(C)(C)C)c(N)c1=O. The largest absolute Gasteiger partial charge is 0.393 e. The molecule has 1 rings (SSSR count). The summed E-state index contributed by atoms with van der Waals surface area (Å²) in [5.74, 6) is 0. The lowest BCUT2D eigenvalue weighted by molar-refractivity contribution is 0.513. The van der Waals surface area contributed by atoms with Crippen molar-refractivity contribution in [3.63, 3.8) is 0 Å². The minimum atomic E-state index is -0.110. The fourth-order valence-electron chi connectivity index (χ4n) is 1.54. The molecule has 86 valence electrons. The molecule has 3 N–H and O–H groups in total. The number of nitrogens with zero attached hydrogens (tertiary/aromatic N) is 1. The third-order valence-electron chi connectivity index (χ3n) is 2.48. The van der Waals surface area contributed by atoms with Gasteiger partial charge in [0.05, 0.1) is 5.69 Å². The Balaban J connectivity index is 3.08. The quantitative estimate of drug-likeness (QED) is 0.801. The van der Waals surface area contributed by atoms with E-state index in [4.69, 9.17) is 5.73 Å².